The number of nitrogens with one attached hydrogen (secondary N) is 2. The molecule has 2 amide bonds. The number of anilines is 1. The summed E-state index contributed by atoms with van der Waals surface area (Å²) in [5.41, 5.74) is -0.364. The van der Waals surface area contributed by atoms with E-state index in [4.69, 9.17) is 16.3 Å². The zero-order chi connectivity index (χ0) is 17.0. The van der Waals surface area contributed by atoms with Crippen LogP contribution in [0.3, 0.4) is 0 Å². The molecule has 1 aromatic rings. The van der Waals surface area contributed by atoms with Crippen molar-refractivity contribution in [3.8, 4) is 5.75 Å². The van der Waals surface area contributed by atoms with E-state index in [9.17, 15) is 14.7 Å². The highest BCUT2D eigenvalue weighted by Crippen LogP contribution is 2.32. The Labute approximate surface area is 138 Å². The first-order valence-electron chi connectivity index (χ1n) is 7.11. The Morgan fingerprint density at radius 1 is 1.35 bits per heavy atom. The molecule has 1 saturated carbocycles. The number of urea groups is 1. The van der Waals surface area contributed by atoms with Gasteiger partial charge in [-0.1, -0.05) is 11.6 Å². The van der Waals surface area contributed by atoms with Crippen LogP contribution >= 0.6 is 11.6 Å². The standard InChI is InChI=1S/C15H19ClN2O5/c1-22-12-7-11(10(16)6-9(12)13(19)23-2)18-14(20)17-8-15(21)4-3-5-15/h6-7,21H,3-5,8H2,1-2H3,(H2,17,18,20). The predicted octanol–water partition coefficient (Wildman–Crippen LogP) is 2.17. The van der Waals surface area contributed by atoms with Crippen LogP contribution in [0.2, 0.25) is 5.02 Å². The minimum Gasteiger partial charge on any atom is -0.496 e. The molecule has 0 spiro atoms. The predicted molar refractivity (Wildman–Crippen MR) is 85.2 cm³/mol. The molecule has 0 bridgehead atoms. The van der Waals surface area contributed by atoms with Crippen molar-refractivity contribution in [3.63, 3.8) is 0 Å². The maximum absolute atomic E-state index is 11.9. The van der Waals surface area contributed by atoms with E-state index >= 15 is 0 Å². The van der Waals surface area contributed by atoms with Crippen LogP contribution in [0.4, 0.5) is 10.5 Å². The number of esters is 1. The van der Waals surface area contributed by atoms with Gasteiger partial charge in [0.05, 0.1) is 30.5 Å². The molecule has 8 heteroatoms. The highest BCUT2D eigenvalue weighted by atomic mass is 35.5. The van der Waals surface area contributed by atoms with Crippen molar-refractivity contribution >= 4 is 29.3 Å². The van der Waals surface area contributed by atoms with Crippen LogP contribution in [0.25, 0.3) is 0 Å². The van der Waals surface area contributed by atoms with Gasteiger partial charge in [0.15, 0.2) is 0 Å². The van der Waals surface area contributed by atoms with Gasteiger partial charge in [0.25, 0.3) is 0 Å². The first-order chi connectivity index (χ1) is 10.9. The molecule has 23 heavy (non-hydrogen) atoms. The van der Waals surface area contributed by atoms with Crippen molar-refractivity contribution in [2.45, 2.75) is 24.9 Å². The van der Waals surface area contributed by atoms with E-state index < -0.39 is 17.6 Å². The molecule has 1 aliphatic rings. The lowest BCUT2D eigenvalue weighted by Gasteiger charge is -2.36. The molecule has 0 radical (unpaired) electrons. The highest BCUT2D eigenvalue weighted by molar-refractivity contribution is 6.34. The van der Waals surface area contributed by atoms with E-state index in [2.05, 4.69) is 15.4 Å². The molecular formula is C15H19ClN2O5. The number of benzene rings is 1. The fraction of sp³-hybridized carbons (Fsp3) is 0.467. The summed E-state index contributed by atoms with van der Waals surface area (Å²) in [5, 5.41) is 15.3. The minimum absolute atomic E-state index is 0.162. The quantitative estimate of drug-likeness (QED) is 0.712. The van der Waals surface area contributed by atoms with Gasteiger partial charge in [-0.05, 0) is 25.3 Å². The molecule has 0 atom stereocenters. The lowest BCUT2D eigenvalue weighted by Crippen LogP contribution is -2.48. The third-order valence-corrected chi connectivity index (χ3v) is 4.12. The van der Waals surface area contributed by atoms with Crippen LogP contribution in [-0.4, -0.2) is 43.5 Å². The number of aliphatic hydroxyl groups is 1. The van der Waals surface area contributed by atoms with E-state index in [0.717, 1.165) is 6.42 Å². The van der Waals surface area contributed by atoms with E-state index in [1.54, 1.807) is 0 Å². The Kier molecular flexibility index (Phi) is 5.33. The van der Waals surface area contributed by atoms with Gasteiger partial charge in [-0.25, -0.2) is 9.59 Å². The van der Waals surface area contributed by atoms with E-state index in [1.807, 2.05) is 0 Å². The smallest absolute Gasteiger partial charge is 0.341 e. The van der Waals surface area contributed by atoms with Gasteiger partial charge < -0.3 is 25.2 Å². The number of methoxy groups -OCH3 is 2. The summed E-state index contributed by atoms with van der Waals surface area (Å²) >= 11 is 6.08. The molecule has 0 unspecified atom stereocenters. The van der Waals surface area contributed by atoms with Crippen LogP contribution in [0.5, 0.6) is 5.75 Å². The number of rotatable bonds is 5. The zero-order valence-electron chi connectivity index (χ0n) is 12.9. The second-order valence-electron chi connectivity index (χ2n) is 5.41. The maximum atomic E-state index is 11.9. The van der Waals surface area contributed by atoms with Crippen LogP contribution < -0.4 is 15.4 Å². The SMILES string of the molecule is COC(=O)c1cc(Cl)c(NC(=O)NCC2(O)CCC2)cc1OC. The van der Waals surface area contributed by atoms with Gasteiger partial charge in [-0.15, -0.1) is 0 Å². The zero-order valence-corrected chi connectivity index (χ0v) is 13.7. The van der Waals surface area contributed by atoms with Crippen LogP contribution in [0.15, 0.2) is 12.1 Å². The monoisotopic (exact) mass is 342 g/mol. The molecule has 1 fully saturated rings. The number of carbonyl (C=O) groups is 2. The Balaban J connectivity index is 2.07. The van der Waals surface area contributed by atoms with Crippen molar-refractivity contribution in [1.29, 1.82) is 0 Å². The lowest BCUT2D eigenvalue weighted by atomic mass is 9.80. The average molecular weight is 343 g/mol. The number of hydrogen-bond donors (Lipinski definition) is 3. The van der Waals surface area contributed by atoms with Gasteiger partial charge in [-0.2, -0.15) is 0 Å². The molecular weight excluding hydrogens is 324 g/mol. The van der Waals surface area contributed by atoms with E-state index in [0.29, 0.717) is 12.8 Å². The normalized spacial score (nSPS) is 15.3. The summed E-state index contributed by atoms with van der Waals surface area (Å²) in [6.07, 6.45) is 2.31. The average Bonchev–Trinajstić information content (AvgIpc) is 2.51. The fourth-order valence-corrected chi connectivity index (χ4v) is 2.47. The maximum Gasteiger partial charge on any atom is 0.341 e. The Morgan fingerprint density at radius 3 is 2.57 bits per heavy atom. The van der Waals surface area contributed by atoms with Gasteiger partial charge in [-0.3, -0.25) is 0 Å². The Morgan fingerprint density at radius 2 is 2.04 bits per heavy atom. The molecule has 1 aromatic carbocycles. The van der Waals surface area contributed by atoms with Crippen molar-refractivity contribution in [2.75, 3.05) is 26.1 Å². The van der Waals surface area contributed by atoms with E-state index in [1.165, 1.54) is 26.4 Å². The number of amides is 2. The molecule has 126 valence electrons. The first kappa shape index (κ1) is 17.4. The second kappa shape index (κ2) is 7.06. The number of halogens is 1. The summed E-state index contributed by atoms with van der Waals surface area (Å²) in [6.45, 7) is 0.174. The number of carbonyl (C=O) groups excluding carboxylic acids is 2. The second-order valence-corrected chi connectivity index (χ2v) is 5.82. The summed E-state index contributed by atoms with van der Waals surface area (Å²) in [4.78, 5) is 23.5. The third-order valence-electron chi connectivity index (χ3n) is 3.80. The van der Waals surface area contributed by atoms with Crippen LogP contribution in [0, 0.1) is 0 Å². The summed E-state index contributed by atoms with van der Waals surface area (Å²) < 4.78 is 9.76. The van der Waals surface area contributed by atoms with Gasteiger partial charge in [0, 0.05) is 12.6 Å². The molecule has 3 N–H and O–H groups in total. The molecule has 1 aliphatic carbocycles. The molecule has 0 heterocycles. The topological polar surface area (TPSA) is 96.9 Å². The van der Waals surface area contributed by atoms with Crippen LogP contribution in [-0.2, 0) is 4.74 Å². The molecule has 0 saturated heterocycles. The highest BCUT2D eigenvalue weighted by Gasteiger charge is 2.34. The van der Waals surface area contributed by atoms with Crippen molar-refractivity contribution in [3.05, 3.63) is 22.7 Å². The summed E-state index contributed by atoms with van der Waals surface area (Å²) in [5.74, 6) is -0.360. The van der Waals surface area contributed by atoms with Crippen molar-refractivity contribution in [1.82, 2.24) is 5.32 Å². The number of ether oxygens (including phenoxy) is 2. The van der Waals surface area contributed by atoms with Gasteiger partial charge >= 0.3 is 12.0 Å². The summed E-state index contributed by atoms with van der Waals surface area (Å²) in [7, 11) is 2.64. The first-order valence-corrected chi connectivity index (χ1v) is 7.49. The number of hydrogen-bond acceptors (Lipinski definition) is 5. The van der Waals surface area contributed by atoms with Crippen molar-refractivity contribution < 1.29 is 24.2 Å². The Hall–Kier alpha value is -1.99. The van der Waals surface area contributed by atoms with Crippen molar-refractivity contribution in [2.24, 2.45) is 0 Å². The van der Waals surface area contributed by atoms with E-state index in [-0.39, 0.29) is 28.6 Å². The largest absolute Gasteiger partial charge is 0.496 e. The fourth-order valence-electron chi connectivity index (χ4n) is 2.26. The van der Waals surface area contributed by atoms with Gasteiger partial charge in [0.1, 0.15) is 11.3 Å². The Bertz CT molecular complexity index is 616. The van der Waals surface area contributed by atoms with Crippen LogP contribution in [0.1, 0.15) is 29.6 Å². The molecule has 0 aliphatic heterocycles. The lowest BCUT2D eigenvalue weighted by molar-refractivity contribution is -0.0287. The van der Waals surface area contributed by atoms with Gasteiger partial charge in [0.2, 0.25) is 0 Å². The molecule has 7 nitrogen and oxygen atoms in total. The third kappa shape index (κ3) is 4.05. The molecule has 2 rings (SSSR count). The summed E-state index contributed by atoms with van der Waals surface area (Å²) in [6, 6.07) is 2.30. The minimum atomic E-state index is -0.812. The molecule has 0 aromatic heterocycles.